The first-order chi connectivity index (χ1) is 17.9. The van der Waals surface area contributed by atoms with Crippen molar-refractivity contribution in [3.05, 3.63) is 76.9 Å². The summed E-state index contributed by atoms with van der Waals surface area (Å²) in [5, 5.41) is 11.5. The van der Waals surface area contributed by atoms with Gasteiger partial charge in [0, 0.05) is 17.3 Å². The molecule has 37 heavy (non-hydrogen) atoms. The highest BCUT2D eigenvalue weighted by Gasteiger charge is 2.47. The van der Waals surface area contributed by atoms with E-state index in [9.17, 15) is 14.7 Å². The van der Waals surface area contributed by atoms with Crippen LogP contribution in [-0.4, -0.2) is 44.9 Å². The predicted molar refractivity (Wildman–Crippen MR) is 135 cm³/mol. The quantitative estimate of drug-likeness (QED) is 0.300. The lowest BCUT2D eigenvalue weighted by Gasteiger charge is -2.26. The monoisotopic (exact) mass is 503 g/mol. The number of hydrogen-bond acceptors (Lipinski definition) is 8. The van der Waals surface area contributed by atoms with Gasteiger partial charge >= 0.3 is 0 Å². The van der Waals surface area contributed by atoms with E-state index in [2.05, 4.69) is 0 Å². The number of ketones is 1. The van der Waals surface area contributed by atoms with E-state index in [-0.39, 0.29) is 18.1 Å². The minimum absolute atomic E-state index is 0.0526. The second kappa shape index (κ2) is 9.42. The normalized spacial score (nSPS) is 17.7. The molecule has 0 aliphatic carbocycles. The number of carbonyl (C=O) groups is 2. The fraction of sp³-hybridized carbons (Fsp3) is 0.214. The molecule has 0 bridgehead atoms. The molecule has 0 saturated carbocycles. The summed E-state index contributed by atoms with van der Waals surface area (Å²) in [6.07, 6.45) is 0. The Balaban J connectivity index is 1.73. The highest BCUT2D eigenvalue weighted by atomic mass is 16.7. The highest BCUT2D eigenvalue weighted by molar-refractivity contribution is 6.51. The third-order valence-electron chi connectivity index (χ3n) is 6.49. The zero-order chi connectivity index (χ0) is 26.3. The van der Waals surface area contributed by atoms with Gasteiger partial charge in [-0.3, -0.25) is 14.5 Å². The van der Waals surface area contributed by atoms with Crippen LogP contribution in [0.1, 0.15) is 22.7 Å². The number of carbonyl (C=O) groups excluding carboxylic acids is 2. The lowest BCUT2D eigenvalue weighted by Crippen LogP contribution is -2.29. The molecule has 3 aromatic rings. The van der Waals surface area contributed by atoms with Crippen LogP contribution in [0.4, 0.5) is 5.69 Å². The number of fused-ring (bicyclic) bond motifs is 1. The van der Waals surface area contributed by atoms with E-state index < -0.39 is 17.7 Å². The van der Waals surface area contributed by atoms with E-state index in [4.69, 9.17) is 23.7 Å². The van der Waals surface area contributed by atoms with E-state index in [1.54, 1.807) is 68.6 Å². The number of methoxy groups -OCH3 is 3. The van der Waals surface area contributed by atoms with Crippen LogP contribution in [-0.2, 0) is 9.59 Å². The summed E-state index contributed by atoms with van der Waals surface area (Å²) in [6.45, 7) is 1.85. The maximum absolute atomic E-state index is 13.5. The zero-order valence-corrected chi connectivity index (χ0v) is 20.7. The summed E-state index contributed by atoms with van der Waals surface area (Å²) >= 11 is 0. The molecular formula is C28H25NO8. The average molecular weight is 504 g/mol. The lowest BCUT2D eigenvalue weighted by atomic mass is 9.93. The number of Topliss-reactive ketones (excluding diaryl/α,β-unsaturated/α-hetero) is 1. The third kappa shape index (κ3) is 3.98. The van der Waals surface area contributed by atoms with Crippen molar-refractivity contribution in [3.8, 4) is 28.7 Å². The molecule has 0 aromatic heterocycles. The number of anilines is 1. The van der Waals surface area contributed by atoms with Gasteiger partial charge in [-0.2, -0.15) is 0 Å². The van der Waals surface area contributed by atoms with Crippen LogP contribution < -0.4 is 28.6 Å². The summed E-state index contributed by atoms with van der Waals surface area (Å²) < 4.78 is 27.0. The van der Waals surface area contributed by atoms with Crippen LogP contribution >= 0.6 is 0 Å². The molecular weight excluding hydrogens is 478 g/mol. The van der Waals surface area contributed by atoms with Crippen molar-refractivity contribution in [1.82, 2.24) is 0 Å². The van der Waals surface area contributed by atoms with E-state index in [1.807, 2.05) is 0 Å². The topological polar surface area (TPSA) is 104 Å². The van der Waals surface area contributed by atoms with Crippen molar-refractivity contribution in [1.29, 1.82) is 0 Å². The molecule has 3 aromatic carbocycles. The Labute approximate surface area is 213 Å². The van der Waals surface area contributed by atoms with Crippen molar-refractivity contribution >= 4 is 23.1 Å². The van der Waals surface area contributed by atoms with Crippen molar-refractivity contribution in [2.24, 2.45) is 0 Å². The van der Waals surface area contributed by atoms with Crippen LogP contribution in [0, 0.1) is 6.92 Å². The third-order valence-corrected chi connectivity index (χ3v) is 6.49. The number of amides is 1. The molecule has 9 nitrogen and oxygen atoms in total. The Kier molecular flexibility index (Phi) is 6.12. The van der Waals surface area contributed by atoms with Gasteiger partial charge in [-0.15, -0.1) is 0 Å². The van der Waals surface area contributed by atoms with Gasteiger partial charge in [0.05, 0.1) is 32.9 Å². The minimum atomic E-state index is -0.957. The second-order valence-electron chi connectivity index (χ2n) is 8.50. The fourth-order valence-electron chi connectivity index (χ4n) is 4.65. The molecule has 9 heteroatoms. The van der Waals surface area contributed by atoms with Gasteiger partial charge in [0.15, 0.2) is 23.0 Å². The first-order valence-corrected chi connectivity index (χ1v) is 11.5. The molecule has 1 saturated heterocycles. The summed E-state index contributed by atoms with van der Waals surface area (Å²) in [5.74, 6) is 0.604. The molecule has 2 heterocycles. The number of hydrogen-bond donors (Lipinski definition) is 1. The lowest BCUT2D eigenvalue weighted by molar-refractivity contribution is -0.132. The van der Waals surface area contributed by atoms with Crippen LogP contribution in [0.5, 0.6) is 28.7 Å². The van der Waals surface area contributed by atoms with Gasteiger partial charge in [-0.25, -0.2) is 0 Å². The van der Waals surface area contributed by atoms with Crippen LogP contribution in [0.25, 0.3) is 5.76 Å². The fourth-order valence-corrected chi connectivity index (χ4v) is 4.65. The van der Waals surface area contributed by atoms with Crippen molar-refractivity contribution in [2.45, 2.75) is 13.0 Å². The number of aryl methyl sites for hydroxylation is 1. The Bertz CT molecular complexity index is 1440. The first kappa shape index (κ1) is 24.1. The Morgan fingerprint density at radius 3 is 2.35 bits per heavy atom. The highest BCUT2D eigenvalue weighted by Crippen LogP contribution is 2.46. The largest absolute Gasteiger partial charge is 0.507 e. The van der Waals surface area contributed by atoms with Gasteiger partial charge in [-0.1, -0.05) is 6.07 Å². The molecule has 1 atom stereocenters. The minimum Gasteiger partial charge on any atom is -0.507 e. The van der Waals surface area contributed by atoms with Gasteiger partial charge in [-0.05, 0) is 60.5 Å². The predicted octanol–water partition coefficient (Wildman–Crippen LogP) is 4.38. The van der Waals surface area contributed by atoms with Gasteiger partial charge in [0.25, 0.3) is 11.7 Å². The summed E-state index contributed by atoms with van der Waals surface area (Å²) in [4.78, 5) is 28.3. The molecule has 1 unspecified atom stereocenters. The molecule has 2 aliphatic heterocycles. The molecule has 0 radical (unpaired) electrons. The SMILES string of the molecule is COc1ccc(/C(O)=C2\C(=O)C(=O)N(c3ccc4c(c3)OCO4)C2c2ccc(OC)c(OC)c2)c(C)c1. The molecule has 1 fully saturated rings. The van der Waals surface area contributed by atoms with E-state index in [0.29, 0.717) is 51.1 Å². The Morgan fingerprint density at radius 1 is 0.892 bits per heavy atom. The van der Waals surface area contributed by atoms with E-state index in [0.717, 1.165) is 0 Å². The second-order valence-corrected chi connectivity index (χ2v) is 8.50. The Morgan fingerprint density at radius 2 is 1.65 bits per heavy atom. The van der Waals surface area contributed by atoms with E-state index in [1.165, 1.54) is 19.1 Å². The maximum atomic E-state index is 13.5. The molecule has 1 amide bonds. The number of benzene rings is 3. The van der Waals surface area contributed by atoms with Gasteiger partial charge in [0.1, 0.15) is 11.5 Å². The van der Waals surface area contributed by atoms with Crippen molar-refractivity contribution in [2.75, 3.05) is 33.0 Å². The first-order valence-electron chi connectivity index (χ1n) is 11.5. The summed E-state index contributed by atoms with van der Waals surface area (Å²) in [5.41, 5.74) is 1.99. The summed E-state index contributed by atoms with van der Waals surface area (Å²) in [7, 11) is 4.56. The van der Waals surface area contributed by atoms with Crippen molar-refractivity contribution < 1.29 is 38.4 Å². The number of nitrogens with zero attached hydrogens (tertiary/aromatic N) is 1. The van der Waals surface area contributed by atoms with Gasteiger partial charge < -0.3 is 28.8 Å². The molecule has 190 valence electrons. The smallest absolute Gasteiger partial charge is 0.300 e. The van der Waals surface area contributed by atoms with Crippen LogP contribution in [0.15, 0.2) is 60.2 Å². The molecule has 5 rings (SSSR count). The van der Waals surface area contributed by atoms with Gasteiger partial charge in [0.2, 0.25) is 6.79 Å². The molecule has 1 N–H and O–H groups in total. The zero-order valence-electron chi connectivity index (χ0n) is 20.7. The Hall–Kier alpha value is -4.66. The standard InChI is InChI=1S/C28H25NO8/c1-15-11-18(33-2)7-8-19(15)26(30)24-25(16-5-9-20(34-3)22(12-16)35-4)29(28(32)27(24)31)17-6-10-21-23(13-17)37-14-36-21/h5-13,25,30H,14H2,1-4H3/b26-24+. The van der Waals surface area contributed by atoms with E-state index >= 15 is 0 Å². The summed E-state index contributed by atoms with van der Waals surface area (Å²) in [6, 6.07) is 14.2. The number of ether oxygens (including phenoxy) is 5. The number of rotatable bonds is 6. The molecule has 2 aliphatic rings. The average Bonchev–Trinajstić information content (AvgIpc) is 3.49. The maximum Gasteiger partial charge on any atom is 0.300 e. The molecule has 0 spiro atoms. The van der Waals surface area contributed by atoms with Crippen molar-refractivity contribution in [3.63, 3.8) is 0 Å². The number of aliphatic hydroxyl groups is 1. The van der Waals surface area contributed by atoms with Crippen LogP contribution in [0.3, 0.4) is 0 Å². The number of aliphatic hydroxyl groups excluding tert-OH is 1. The van der Waals surface area contributed by atoms with Crippen LogP contribution in [0.2, 0.25) is 0 Å².